The van der Waals surface area contributed by atoms with E-state index in [2.05, 4.69) is 17.4 Å². The number of likely N-dealkylation sites (tertiary alicyclic amines) is 1. The third-order valence-electron chi connectivity index (χ3n) is 5.33. The summed E-state index contributed by atoms with van der Waals surface area (Å²) in [5.74, 6) is 2.31. The molecule has 1 aliphatic rings. The van der Waals surface area contributed by atoms with Gasteiger partial charge in [-0.25, -0.2) is 4.79 Å². The van der Waals surface area contributed by atoms with Crippen LogP contribution < -0.4 is 19.5 Å². The van der Waals surface area contributed by atoms with Crippen LogP contribution in [0, 0.1) is 0 Å². The average molecular weight is 399 g/mol. The molecule has 1 N–H and O–H groups in total. The lowest BCUT2D eigenvalue weighted by molar-refractivity contribution is 0.189. The summed E-state index contributed by atoms with van der Waals surface area (Å²) in [5.41, 5.74) is 2.02. The zero-order chi connectivity index (χ0) is 20.8. The summed E-state index contributed by atoms with van der Waals surface area (Å²) in [4.78, 5) is 15.0. The van der Waals surface area contributed by atoms with Gasteiger partial charge in [-0.1, -0.05) is 12.1 Å². The molecular weight excluding hydrogens is 368 g/mol. The molecule has 0 aromatic heterocycles. The van der Waals surface area contributed by atoms with Gasteiger partial charge in [0.05, 0.1) is 32.9 Å². The smallest absolute Gasteiger partial charge is 0.318 e. The maximum Gasteiger partial charge on any atom is 0.318 e. The number of rotatable bonds is 7. The van der Waals surface area contributed by atoms with Crippen molar-refractivity contribution >= 4 is 6.03 Å². The van der Waals surface area contributed by atoms with E-state index >= 15 is 0 Å². The van der Waals surface area contributed by atoms with Crippen molar-refractivity contribution in [3.8, 4) is 17.2 Å². The Morgan fingerprint density at radius 3 is 2.52 bits per heavy atom. The van der Waals surface area contributed by atoms with Crippen LogP contribution in [0.5, 0.6) is 17.2 Å². The number of nitrogens with zero attached hydrogens (tertiary/aromatic N) is 1. The van der Waals surface area contributed by atoms with Crippen molar-refractivity contribution in [1.29, 1.82) is 0 Å². The maximum absolute atomic E-state index is 13.1. The molecule has 1 fully saturated rings. The zero-order valence-electron chi connectivity index (χ0n) is 17.6. The second kappa shape index (κ2) is 9.54. The molecule has 3 rings (SSSR count). The van der Waals surface area contributed by atoms with Crippen molar-refractivity contribution < 1.29 is 19.0 Å². The van der Waals surface area contributed by atoms with Gasteiger partial charge in [0.25, 0.3) is 0 Å². The van der Waals surface area contributed by atoms with Crippen molar-refractivity contribution in [2.24, 2.45) is 0 Å². The largest absolute Gasteiger partial charge is 0.497 e. The topological polar surface area (TPSA) is 60.0 Å². The highest BCUT2D eigenvalue weighted by molar-refractivity contribution is 5.76. The van der Waals surface area contributed by atoms with E-state index in [0.29, 0.717) is 6.61 Å². The first-order chi connectivity index (χ1) is 14.1. The molecule has 0 spiro atoms. The van der Waals surface area contributed by atoms with E-state index in [0.717, 1.165) is 47.8 Å². The van der Waals surface area contributed by atoms with E-state index in [-0.39, 0.29) is 18.1 Å². The molecule has 2 aromatic rings. The van der Waals surface area contributed by atoms with Crippen molar-refractivity contribution in [2.45, 2.75) is 38.8 Å². The van der Waals surface area contributed by atoms with E-state index < -0.39 is 0 Å². The molecule has 1 heterocycles. The molecular formula is C23H30N2O4. The number of nitrogens with one attached hydrogen (secondary N) is 1. The maximum atomic E-state index is 13.1. The molecule has 2 atom stereocenters. The summed E-state index contributed by atoms with van der Waals surface area (Å²) < 4.78 is 16.3. The molecule has 0 aliphatic carbocycles. The molecule has 1 aliphatic heterocycles. The van der Waals surface area contributed by atoms with Gasteiger partial charge in [0.1, 0.15) is 17.2 Å². The Balaban J connectivity index is 1.72. The van der Waals surface area contributed by atoms with Crippen molar-refractivity contribution in [2.75, 3.05) is 27.4 Å². The summed E-state index contributed by atoms with van der Waals surface area (Å²) in [6, 6.07) is 13.4. The van der Waals surface area contributed by atoms with E-state index in [4.69, 9.17) is 14.2 Å². The summed E-state index contributed by atoms with van der Waals surface area (Å²) >= 11 is 0. The van der Waals surface area contributed by atoms with Crippen LogP contribution >= 0.6 is 0 Å². The monoisotopic (exact) mass is 398 g/mol. The lowest BCUT2D eigenvalue weighted by Crippen LogP contribution is -2.40. The lowest BCUT2D eigenvalue weighted by atomic mass is 10.0. The van der Waals surface area contributed by atoms with Gasteiger partial charge in [0.2, 0.25) is 0 Å². The molecule has 1 saturated heterocycles. The Bertz CT molecular complexity index is 822. The van der Waals surface area contributed by atoms with Crippen LogP contribution in [0.2, 0.25) is 0 Å². The van der Waals surface area contributed by atoms with Gasteiger partial charge in [-0.05, 0) is 62.6 Å². The number of carbonyl (C=O) groups is 1. The Labute approximate surface area is 172 Å². The van der Waals surface area contributed by atoms with Crippen LogP contribution in [0.4, 0.5) is 4.79 Å². The number of carbonyl (C=O) groups excluding carboxylic acids is 1. The van der Waals surface area contributed by atoms with Gasteiger partial charge in [-0.15, -0.1) is 0 Å². The van der Waals surface area contributed by atoms with E-state index in [1.165, 1.54) is 0 Å². The van der Waals surface area contributed by atoms with Gasteiger partial charge in [-0.2, -0.15) is 0 Å². The minimum atomic E-state index is -0.214. The zero-order valence-corrected chi connectivity index (χ0v) is 17.6. The number of amides is 2. The van der Waals surface area contributed by atoms with E-state index in [1.54, 1.807) is 14.2 Å². The molecule has 0 bridgehead atoms. The fraction of sp³-hybridized carbons (Fsp3) is 0.435. The fourth-order valence-corrected chi connectivity index (χ4v) is 3.83. The first-order valence-electron chi connectivity index (χ1n) is 10.1. The van der Waals surface area contributed by atoms with Crippen LogP contribution in [0.15, 0.2) is 42.5 Å². The number of ether oxygens (including phenoxy) is 3. The highest BCUT2D eigenvalue weighted by Crippen LogP contribution is 2.34. The SMILES string of the molecule is CCOc1ccc(C2CCCN2C(=O)NC(C)c2cc(OC)ccc2OC)cc1. The van der Waals surface area contributed by atoms with Gasteiger partial charge < -0.3 is 24.4 Å². The number of hydrogen-bond donors (Lipinski definition) is 1. The molecule has 156 valence electrons. The Kier molecular flexibility index (Phi) is 6.86. The van der Waals surface area contributed by atoms with Crippen LogP contribution in [-0.2, 0) is 0 Å². The predicted molar refractivity (Wildman–Crippen MR) is 113 cm³/mol. The van der Waals surface area contributed by atoms with Crippen LogP contribution in [0.25, 0.3) is 0 Å². The lowest BCUT2D eigenvalue weighted by Gasteiger charge is -2.28. The van der Waals surface area contributed by atoms with Crippen LogP contribution in [0.3, 0.4) is 0 Å². The second-order valence-corrected chi connectivity index (χ2v) is 7.13. The van der Waals surface area contributed by atoms with E-state index in [1.807, 2.05) is 49.1 Å². The highest BCUT2D eigenvalue weighted by Gasteiger charge is 2.31. The molecule has 6 heteroatoms. The van der Waals surface area contributed by atoms with Crippen molar-refractivity contribution in [3.63, 3.8) is 0 Å². The molecule has 2 aromatic carbocycles. The third kappa shape index (κ3) is 4.75. The first kappa shape index (κ1) is 20.8. The summed E-state index contributed by atoms with van der Waals surface area (Å²) in [7, 11) is 3.25. The highest BCUT2D eigenvalue weighted by atomic mass is 16.5. The average Bonchev–Trinajstić information content (AvgIpc) is 3.24. The van der Waals surface area contributed by atoms with Gasteiger partial charge >= 0.3 is 6.03 Å². The van der Waals surface area contributed by atoms with Gasteiger partial charge in [0, 0.05) is 12.1 Å². The quantitative estimate of drug-likeness (QED) is 0.734. The minimum Gasteiger partial charge on any atom is -0.497 e. The molecule has 0 radical (unpaired) electrons. The number of methoxy groups -OCH3 is 2. The van der Waals surface area contributed by atoms with Gasteiger partial charge in [0.15, 0.2) is 0 Å². The molecule has 0 saturated carbocycles. The number of benzene rings is 2. The molecule has 2 amide bonds. The minimum absolute atomic E-state index is 0.0706. The number of hydrogen-bond acceptors (Lipinski definition) is 4. The summed E-state index contributed by atoms with van der Waals surface area (Å²) in [6.07, 6.45) is 1.94. The third-order valence-corrected chi connectivity index (χ3v) is 5.33. The van der Waals surface area contributed by atoms with E-state index in [9.17, 15) is 4.79 Å². The summed E-state index contributed by atoms with van der Waals surface area (Å²) in [6.45, 7) is 5.31. The Morgan fingerprint density at radius 2 is 1.86 bits per heavy atom. The number of urea groups is 1. The fourth-order valence-electron chi connectivity index (χ4n) is 3.83. The van der Waals surface area contributed by atoms with Crippen molar-refractivity contribution in [1.82, 2.24) is 10.2 Å². The Hall–Kier alpha value is -2.89. The van der Waals surface area contributed by atoms with Crippen molar-refractivity contribution in [3.05, 3.63) is 53.6 Å². The van der Waals surface area contributed by atoms with Crippen LogP contribution in [-0.4, -0.2) is 38.3 Å². The standard InChI is InChI=1S/C23H30N2O4/c1-5-29-18-10-8-17(9-11-18)21-7-6-14-25(21)23(26)24-16(2)20-15-19(27-3)12-13-22(20)28-4/h8-13,15-16,21H,5-7,14H2,1-4H3,(H,24,26). The molecule has 2 unspecified atom stereocenters. The first-order valence-corrected chi connectivity index (χ1v) is 10.1. The van der Waals surface area contributed by atoms with Gasteiger partial charge in [-0.3, -0.25) is 0 Å². The Morgan fingerprint density at radius 1 is 1.14 bits per heavy atom. The summed E-state index contributed by atoms with van der Waals surface area (Å²) in [5, 5.41) is 3.12. The van der Waals surface area contributed by atoms with Crippen LogP contribution in [0.1, 0.15) is 49.9 Å². The molecule has 6 nitrogen and oxygen atoms in total. The normalized spacial score (nSPS) is 17.0. The second-order valence-electron chi connectivity index (χ2n) is 7.13. The predicted octanol–water partition coefficient (Wildman–Crippen LogP) is 4.71. The molecule has 29 heavy (non-hydrogen) atoms.